The Bertz CT molecular complexity index is 1430. The number of carbonyl (C=O) groups excluding carboxylic acids is 1. The van der Waals surface area contributed by atoms with E-state index >= 15 is 0 Å². The van der Waals surface area contributed by atoms with E-state index in [1.165, 1.54) is 18.2 Å². The maximum atomic E-state index is 12.4. The molecule has 1 fully saturated rings. The van der Waals surface area contributed by atoms with Crippen LogP contribution in [0, 0.1) is 11.8 Å². The zero-order valence-electron chi connectivity index (χ0n) is 23.3. The summed E-state index contributed by atoms with van der Waals surface area (Å²) < 4.78 is 11.0. The molecule has 0 saturated carbocycles. The van der Waals surface area contributed by atoms with Gasteiger partial charge >= 0.3 is 5.97 Å². The minimum absolute atomic E-state index is 0.131. The molecule has 0 spiro atoms. The third-order valence-corrected chi connectivity index (χ3v) is 7.36. The molecule has 0 radical (unpaired) electrons. The van der Waals surface area contributed by atoms with E-state index in [2.05, 4.69) is 87.7 Å². The molecule has 1 aromatic heterocycles. The van der Waals surface area contributed by atoms with Gasteiger partial charge in [-0.2, -0.15) is 0 Å². The number of esters is 1. The van der Waals surface area contributed by atoms with Gasteiger partial charge in [0, 0.05) is 50.8 Å². The van der Waals surface area contributed by atoms with E-state index in [4.69, 9.17) is 9.47 Å². The number of nitrogens with zero attached hydrogens (tertiary/aromatic N) is 2. The summed E-state index contributed by atoms with van der Waals surface area (Å²) in [4.78, 5) is 19.2. The third kappa shape index (κ3) is 7.20. The third-order valence-electron chi connectivity index (χ3n) is 7.36. The maximum Gasteiger partial charge on any atom is 0.360 e. The number of methoxy groups -OCH3 is 1. The van der Waals surface area contributed by atoms with Crippen LogP contribution in [-0.2, 0) is 11.3 Å². The fourth-order valence-electron chi connectivity index (χ4n) is 5.35. The zero-order chi connectivity index (χ0) is 28.3. The van der Waals surface area contributed by atoms with E-state index in [1.54, 1.807) is 12.3 Å². The van der Waals surface area contributed by atoms with Crippen LogP contribution in [0.25, 0.3) is 0 Å². The molecule has 0 bridgehead atoms. The zero-order valence-corrected chi connectivity index (χ0v) is 23.3. The minimum atomic E-state index is -0.548. The van der Waals surface area contributed by atoms with Crippen LogP contribution in [0.4, 0.5) is 0 Å². The molecule has 6 nitrogen and oxygen atoms in total. The Balaban J connectivity index is 1.34. The van der Waals surface area contributed by atoms with Crippen LogP contribution in [-0.4, -0.2) is 55.2 Å². The van der Waals surface area contributed by atoms with E-state index in [0.29, 0.717) is 30.4 Å². The number of rotatable bonds is 9. The number of piperazine rings is 1. The Morgan fingerprint density at radius 1 is 0.976 bits per heavy atom. The van der Waals surface area contributed by atoms with Gasteiger partial charge in [0.05, 0.1) is 12.7 Å². The summed E-state index contributed by atoms with van der Waals surface area (Å²) in [6, 6.07) is 33.4. The van der Waals surface area contributed by atoms with Crippen molar-refractivity contribution in [2.45, 2.75) is 25.0 Å². The van der Waals surface area contributed by atoms with Crippen LogP contribution >= 0.6 is 0 Å². The molecule has 0 amide bonds. The second-order valence-electron chi connectivity index (χ2n) is 9.96. The van der Waals surface area contributed by atoms with Crippen molar-refractivity contribution < 1.29 is 14.3 Å². The number of aromatic nitrogens is 1. The maximum absolute atomic E-state index is 12.4. The van der Waals surface area contributed by atoms with E-state index in [1.807, 2.05) is 30.3 Å². The largest absolute Gasteiger partial charge is 0.485 e. The van der Waals surface area contributed by atoms with Gasteiger partial charge in [0.2, 0.25) is 0 Å². The predicted octanol–water partition coefficient (Wildman–Crippen LogP) is 5.29. The van der Waals surface area contributed by atoms with Crippen molar-refractivity contribution >= 4 is 5.97 Å². The van der Waals surface area contributed by atoms with Gasteiger partial charge in [0.15, 0.2) is 11.4 Å². The normalized spacial score (nSPS) is 15.1. The lowest BCUT2D eigenvalue weighted by atomic mass is 9.83. The molecule has 5 rings (SSSR count). The van der Waals surface area contributed by atoms with Crippen LogP contribution in [0.5, 0.6) is 5.75 Å². The summed E-state index contributed by atoms with van der Waals surface area (Å²) in [5.74, 6) is 6.64. The molecule has 208 valence electrons. The highest BCUT2D eigenvalue weighted by Gasteiger charge is 2.31. The lowest BCUT2D eigenvalue weighted by Crippen LogP contribution is -2.54. The van der Waals surface area contributed by atoms with Gasteiger partial charge in [-0.05, 0) is 22.8 Å². The quantitative estimate of drug-likeness (QED) is 0.228. The average Bonchev–Trinajstić information content (AvgIpc) is 3.04. The lowest BCUT2D eigenvalue weighted by molar-refractivity contribution is 0.0588. The molecule has 1 atom stereocenters. The van der Waals surface area contributed by atoms with Gasteiger partial charge in [0.25, 0.3) is 0 Å². The number of pyridine rings is 1. The number of hydrogen-bond acceptors (Lipinski definition) is 6. The van der Waals surface area contributed by atoms with Crippen molar-refractivity contribution in [2.24, 2.45) is 0 Å². The molecule has 4 aromatic rings. The topological polar surface area (TPSA) is 63.7 Å². The highest BCUT2D eigenvalue weighted by atomic mass is 16.5. The van der Waals surface area contributed by atoms with Gasteiger partial charge < -0.3 is 14.8 Å². The van der Waals surface area contributed by atoms with Crippen LogP contribution in [0.15, 0.2) is 103 Å². The highest BCUT2D eigenvalue weighted by Crippen LogP contribution is 2.32. The van der Waals surface area contributed by atoms with Crippen LogP contribution in [0.1, 0.15) is 45.1 Å². The SMILES string of the molecule is COC(=O)c1nccc(C#CCCN2CCNCC2C(c2ccccc2)c2ccccc2)c1OCc1ccccc1. The van der Waals surface area contributed by atoms with Gasteiger partial charge in [-0.25, -0.2) is 9.78 Å². The Kier molecular flexibility index (Phi) is 9.78. The summed E-state index contributed by atoms with van der Waals surface area (Å²) in [7, 11) is 1.34. The Labute approximate surface area is 242 Å². The number of carbonyl (C=O) groups is 1. The fraction of sp³-hybridized carbons (Fsp3) is 0.257. The molecular formula is C35H35N3O3. The number of benzene rings is 3. The van der Waals surface area contributed by atoms with Crippen molar-refractivity contribution in [1.29, 1.82) is 0 Å². The first-order chi connectivity index (χ1) is 20.2. The number of ether oxygens (including phenoxy) is 2. The van der Waals surface area contributed by atoms with Gasteiger partial charge in [-0.15, -0.1) is 0 Å². The second-order valence-corrected chi connectivity index (χ2v) is 9.96. The van der Waals surface area contributed by atoms with E-state index in [-0.39, 0.29) is 11.6 Å². The first-order valence-electron chi connectivity index (χ1n) is 14.0. The summed E-state index contributed by atoms with van der Waals surface area (Å²) in [5, 5.41) is 3.61. The predicted molar refractivity (Wildman–Crippen MR) is 161 cm³/mol. The monoisotopic (exact) mass is 545 g/mol. The fourth-order valence-corrected chi connectivity index (χ4v) is 5.35. The second kappa shape index (κ2) is 14.3. The average molecular weight is 546 g/mol. The summed E-state index contributed by atoms with van der Waals surface area (Å²) in [5.41, 5.74) is 4.37. The Morgan fingerprint density at radius 2 is 1.63 bits per heavy atom. The smallest absolute Gasteiger partial charge is 0.360 e. The molecule has 0 aliphatic carbocycles. The molecule has 1 aliphatic heterocycles. The first-order valence-corrected chi connectivity index (χ1v) is 14.0. The number of nitrogens with one attached hydrogen (secondary N) is 1. The van der Waals surface area contributed by atoms with Gasteiger partial charge in [0.1, 0.15) is 6.61 Å². The summed E-state index contributed by atoms with van der Waals surface area (Å²) in [6.07, 6.45) is 2.25. The Hall–Kier alpha value is -4.44. The highest BCUT2D eigenvalue weighted by molar-refractivity contribution is 5.91. The molecule has 1 saturated heterocycles. The summed E-state index contributed by atoms with van der Waals surface area (Å²) in [6.45, 7) is 3.95. The van der Waals surface area contributed by atoms with Crippen molar-refractivity contribution in [3.05, 3.63) is 131 Å². The molecule has 1 unspecified atom stereocenters. The van der Waals surface area contributed by atoms with Gasteiger partial charge in [-0.3, -0.25) is 4.90 Å². The van der Waals surface area contributed by atoms with E-state index in [0.717, 1.165) is 31.7 Å². The van der Waals surface area contributed by atoms with Gasteiger partial charge in [-0.1, -0.05) is 103 Å². The standard InChI is InChI=1S/C35H35N3O3/c1-40-35(39)33-34(41-26-27-13-5-2-6-14-27)30(20-21-37-33)19-11-12-23-38-24-22-36-25-31(38)32(28-15-7-3-8-16-28)29-17-9-4-10-18-29/h2-10,13-18,20-21,31-32,36H,12,22-26H2,1H3. The summed E-state index contributed by atoms with van der Waals surface area (Å²) >= 11 is 0. The van der Waals surface area contributed by atoms with Crippen molar-refractivity contribution in [3.63, 3.8) is 0 Å². The molecule has 1 aliphatic rings. The minimum Gasteiger partial charge on any atom is -0.485 e. The molecule has 2 heterocycles. The lowest BCUT2D eigenvalue weighted by Gasteiger charge is -2.41. The molecule has 3 aromatic carbocycles. The van der Waals surface area contributed by atoms with Crippen molar-refractivity contribution in [2.75, 3.05) is 33.3 Å². The van der Waals surface area contributed by atoms with E-state index in [9.17, 15) is 4.79 Å². The molecule has 6 heteroatoms. The molecular weight excluding hydrogens is 510 g/mol. The van der Waals surface area contributed by atoms with E-state index < -0.39 is 5.97 Å². The van der Waals surface area contributed by atoms with Crippen LogP contribution < -0.4 is 10.1 Å². The first kappa shape index (κ1) is 28.1. The van der Waals surface area contributed by atoms with Crippen LogP contribution in [0.3, 0.4) is 0 Å². The van der Waals surface area contributed by atoms with Crippen LogP contribution in [0.2, 0.25) is 0 Å². The molecule has 1 N–H and O–H groups in total. The Morgan fingerprint density at radius 3 is 2.29 bits per heavy atom. The van der Waals surface area contributed by atoms with Crippen molar-refractivity contribution in [1.82, 2.24) is 15.2 Å². The molecule has 41 heavy (non-hydrogen) atoms. The number of hydrogen-bond donors (Lipinski definition) is 1. The van der Waals surface area contributed by atoms with Crippen molar-refractivity contribution in [3.8, 4) is 17.6 Å².